The minimum Gasteiger partial charge on any atom is -0.328 e. The third-order valence-electron chi connectivity index (χ3n) is 1.98. The van der Waals surface area contributed by atoms with Crippen LogP contribution in [0.3, 0.4) is 0 Å². The van der Waals surface area contributed by atoms with Crippen molar-refractivity contribution in [1.29, 1.82) is 0 Å². The number of nitrogens with zero attached hydrogens (tertiary/aromatic N) is 2. The van der Waals surface area contributed by atoms with Crippen molar-refractivity contribution in [2.75, 3.05) is 0 Å². The van der Waals surface area contributed by atoms with Gasteiger partial charge in [0.1, 0.15) is 12.7 Å². The van der Waals surface area contributed by atoms with E-state index in [-0.39, 0.29) is 0 Å². The Kier molecular flexibility index (Phi) is 4.37. The van der Waals surface area contributed by atoms with Crippen molar-refractivity contribution in [3.8, 4) is 0 Å². The first-order valence-electron chi connectivity index (χ1n) is 4.44. The van der Waals surface area contributed by atoms with E-state index in [0.29, 0.717) is 6.04 Å². The number of nitrogens with two attached hydrogens (primary N) is 1. The lowest BCUT2D eigenvalue weighted by Gasteiger charge is -2.15. The summed E-state index contributed by atoms with van der Waals surface area (Å²) in [6, 6.07) is 0.536. The van der Waals surface area contributed by atoms with E-state index in [2.05, 4.69) is 15.2 Å². The average Bonchev–Trinajstić information content (AvgIpc) is 2.62. The number of hydrogen-bond donors (Lipinski definition) is 2. The second kappa shape index (κ2) is 5.71. The topological polar surface area (TPSA) is 67.6 Å². The number of H-pyrrole nitrogens is 1. The van der Waals surface area contributed by atoms with Crippen LogP contribution in [0.4, 0.5) is 0 Å². The molecule has 1 heterocycles. The first-order chi connectivity index (χ1) is 5.89. The van der Waals surface area contributed by atoms with Gasteiger partial charge in [-0.15, -0.1) is 0 Å². The molecule has 1 aromatic rings. The number of aromatic amines is 1. The zero-order valence-electron chi connectivity index (χ0n) is 7.24. The second-order valence-electron chi connectivity index (χ2n) is 3.05. The summed E-state index contributed by atoms with van der Waals surface area (Å²) in [5.74, 6) is 0. The van der Waals surface area contributed by atoms with Crippen molar-refractivity contribution in [2.45, 2.75) is 38.1 Å². The third-order valence-corrected chi connectivity index (χ3v) is 1.98. The summed E-state index contributed by atoms with van der Waals surface area (Å²) in [5, 5.41) is 5.99. The van der Waals surface area contributed by atoms with Gasteiger partial charge in [-0.25, -0.2) is 4.98 Å². The van der Waals surface area contributed by atoms with Gasteiger partial charge in [-0.2, -0.15) is 5.10 Å². The van der Waals surface area contributed by atoms with Gasteiger partial charge >= 0.3 is 0 Å². The Morgan fingerprint density at radius 1 is 1.25 bits per heavy atom. The van der Waals surface area contributed by atoms with Crippen molar-refractivity contribution in [3.05, 3.63) is 12.7 Å². The highest BCUT2D eigenvalue weighted by Crippen LogP contribution is 2.14. The lowest BCUT2D eigenvalue weighted by atomic mass is 9.97. The van der Waals surface area contributed by atoms with Crippen LogP contribution < -0.4 is 5.73 Å². The SMILES string of the molecule is NC1CCCCC1.c1nc[nH]n1. The van der Waals surface area contributed by atoms with Gasteiger partial charge in [0.2, 0.25) is 0 Å². The molecule has 1 saturated carbocycles. The van der Waals surface area contributed by atoms with Gasteiger partial charge in [-0.1, -0.05) is 19.3 Å². The fourth-order valence-corrected chi connectivity index (χ4v) is 1.30. The highest BCUT2D eigenvalue weighted by Gasteiger charge is 2.06. The van der Waals surface area contributed by atoms with E-state index in [1.54, 1.807) is 0 Å². The van der Waals surface area contributed by atoms with E-state index in [0.717, 1.165) is 0 Å². The van der Waals surface area contributed by atoms with E-state index in [9.17, 15) is 0 Å². The van der Waals surface area contributed by atoms with E-state index < -0.39 is 0 Å². The lowest BCUT2D eigenvalue weighted by molar-refractivity contribution is 0.441. The second-order valence-corrected chi connectivity index (χ2v) is 3.05. The molecule has 68 valence electrons. The highest BCUT2D eigenvalue weighted by atomic mass is 15.2. The fourth-order valence-electron chi connectivity index (χ4n) is 1.30. The van der Waals surface area contributed by atoms with Crippen molar-refractivity contribution in [1.82, 2.24) is 15.2 Å². The molecule has 0 atom stereocenters. The molecule has 1 aliphatic rings. The minimum absolute atomic E-state index is 0.536. The molecule has 0 bridgehead atoms. The molecule has 0 aromatic carbocycles. The van der Waals surface area contributed by atoms with Gasteiger partial charge in [0.05, 0.1) is 0 Å². The maximum atomic E-state index is 5.63. The Labute approximate surface area is 72.6 Å². The normalized spacial score (nSPS) is 18.1. The van der Waals surface area contributed by atoms with Gasteiger partial charge in [-0.05, 0) is 12.8 Å². The Bertz CT molecular complexity index is 150. The Balaban J connectivity index is 0.000000127. The van der Waals surface area contributed by atoms with Crippen LogP contribution in [0.1, 0.15) is 32.1 Å². The average molecular weight is 168 g/mol. The molecule has 3 N–H and O–H groups in total. The van der Waals surface area contributed by atoms with Crippen LogP contribution in [0.15, 0.2) is 12.7 Å². The molecule has 12 heavy (non-hydrogen) atoms. The van der Waals surface area contributed by atoms with E-state index in [4.69, 9.17) is 5.73 Å². The molecule has 0 amide bonds. The summed E-state index contributed by atoms with van der Waals surface area (Å²) in [7, 11) is 0. The molecule has 1 fully saturated rings. The molecule has 0 saturated heterocycles. The molecule has 0 radical (unpaired) electrons. The van der Waals surface area contributed by atoms with E-state index >= 15 is 0 Å². The summed E-state index contributed by atoms with van der Waals surface area (Å²) in [4.78, 5) is 3.56. The summed E-state index contributed by atoms with van der Waals surface area (Å²) in [6.45, 7) is 0. The van der Waals surface area contributed by atoms with Crippen molar-refractivity contribution < 1.29 is 0 Å². The van der Waals surface area contributed by atoms with Gasteiger partial charge in [0, 0.05) is 6.04 Å². The Morgan fingerprint density at radius 2 is 2.00 bits per heavy atom. The lowest BCUT2D eigenvalue weighted by Crippen LogP contribution is -2.22. The van der Waals surface area contributed by atoms with Gasteiger partial charge in [-0.3, -0.25) is 5.10 Å². The molecule has 0 aliphatic heterocycles. The first kappa shape index (κ1) is 9.19. The van der Waals surface area contributed by atoms with Crippen LogP contribution >= 0.6 is 0 Å². The van der Waals surface area contributed by atoms with Crippen molar-refractivity contribution in [3.63, 3.8) is 0 Å². The number of rotatable bonds is 0. The number of nitrogens with one attached hydrogen (secondary N) is 1. The molecule has 0 spiro atoms. The monoisotopic (exact) mass is 168 g/mol. The first-order valence-corrected chi connectivity index (χ1v) is 4.44. The molecular formula is C8H16N4. The molecule has 4 nitrogen and oxygen atoms in total. The van der Waals surface area contributed by atoms with Crippen LogP contribution in [0.5, 0.6) is 0 Å². The molecule has 1 aliphatic carbocycles. The van der Waals surface area contributed by atoms with Gasteiger partial charge in [0.15, 0.2) is 0 Å². The Hall–Kier alpha value is -0.900. The zero-order chi connectivity index (χ0) is 8.65. The fraction of sp³-hybridized carbons (Fsp3) is 0.750. The van der Waals surface area contributed by atoms with Gasteiger partial charge < -0.3 is 5.73 Å². The van der Waals surface area contributed by atoms with Crippen LogP contribution in [-0.4, -0.2) is 21.2 Å². The molecular weight excluding hydrogens is 152 g/mol. The van der Waals surface area contributed by atoms with E-state index in [1.807, 2.05) is 0 Å². The maximum absolute atomic E-state index is 5.63. The van der Waals surface area contributed by atoms with Crippen LogP contribution in [0.2, 0.25) is 0 Å². The van der Waals surface area contributed by atoms with Crippen LogP contribution in [0.25, 0.3) is 0 Å². The molecule has 1 aromatic heterocycles. The van der Waals surface area contributed by atoms with Crippen molar-refractivity contribution >= 4 is 0 Å². The summed E-state index contributed by atoms with van der Waals surface area (Å²) in [6.07, 6.45) is 9.62. The Morgan fingerprint density at radius 3 is 2.25 bits per heavy atom. The molecule has 4 heteroatoms. The summed E-state index contributed by atoms with van der Waals surface area (Å²) in [5.41, 5.74) is 5.63. The standard InChI is InChI=1S/C6H13N.C2H3N3/c7-6-4-2-1-3-5-6;1-3-2-5-4-1/h6H,1-5,7H2;1-2H,(H,3,4,5). The maximum Gasteiger partial charge on any atom is 0.137 e. The van der Waals surface area contributed by atoms with Crippen LogP contribution in [0, 0.1) is 0 Å². The molecule has 2 rings (SSSR count). The number of aromatic nitrogens is 3. The van der Waals surface area contributed by atoms with Crippen LogP contribution in [-0.2, 0) is 0 Å². The van der Waals surface area contributed by atoms with E-state index in [1.165, 1.54) is 44.8 Å². The smallest absolute Gasteiger partial charge is 0.137 e. The van der Waals surface area contributed by atoms with Crippen molar-refractivity contribution in [2.24, 2.45) is 5.73 Å². The summed E-state index contributed by atoms with van der Waals surface area (Å²) < 4.78 is 0. The predicted molar refractivity (Wildman–Crippen MR) is 47.4 cm³/mol. The third kappa shape index (κ3) is 4.08. The minimum atomic E-state index is 0.536. The van der Waals surface area contributed by atoms with Gasteiger partial charge in [0.25, 0.3) is 0 Å². The molecule has 0 unspecified atom stereocenters. The quantitative estimate of drug-likeness (QED) is 0.609. The zero-order valence-corrected chi connectivity index (χ0v) is 7.24. The number of hydrogen-bond acceptors (Lipinski definition) is 3. The summed E-state index contributed by atoms with van der Waals surface area (Å²) >= 11 is 0. The predicted octanol–water partition coefficient (Wildman–Crippen LogP) is 1.08. The highest BCUT2D eigenvalue weighted by molar-refractivity contribution is 4.66. The largest absolute Gasteiger partial charge is 0.328 e.